The van der Waals surface area contributed by atoms with Crippen LogP contribution in [0.25, 0.3) is 0 Å². The number of hydrogen-bond donors (Lipinski definition) is 1. The Morgan fingerprint density at radius 2 is 2.16 bits per heavy atom. The Bertz CT molecular complexity index is 686. The second-order valence-electron chi connectivity index (χ2n) is 6.77. The van der Waals surface area contributed by atoms with Crippen molar-refractivity contribution in [2.24, 2.45) is 5.92 Å². The number of carboxylic acids is 1. The molecular formula is C16H28N4O4S. The first kappa shape index (κ1) is 19.9. The average molecular weight is 372 g/mol. The number of aliphatic carboxylic acids is 1. The molecule has 1 fully saturated rings. The van der Waals surface area contributed by atoms with Gasteiger partial charge in [-0.15, -0.1) is 0 Å². The first-order valence-electron chi connectivity index (χ1n) is 8.67. The molecule has 1 N–H and O–H groups in total. The number of carbonyl (C=O) groups is 1. The number of nitrogens with zero attached hydrogens (tertiary/aromatic N) is 4. The Morgan fingerprint density at radius 1 is 1.44 bits per heavy atom. The fraction of sp³-hybridized carbons (Fsp3) is 0.750. The van der Waals surface area contributed by atoms with E-state index < -0.39 is 16.0 Å². The van der Waals surface area contributed by atoms with Crippen LogP contribution in [0.15, 0.2) is 17.3 Å². The number of piperidine rings is 1. The zero-order valence-corrected chi connectivity index (χ0v) is 15.9. The lowest BCUT2D eigenvalue weighted by molar-refractivity contribution is -0.137. The number of carboxylic acid groups (broad SMARTS) is 1. The molecule has 142 valence electrons. The Balaban J connectivity index is 2.21. The molecule has 2 heterocycles. The number of hydrogen-bond acceptors (Lipinski definition) is 5. The van der Waals surface area contributed by atoms with Gasteiger partial charge in [0.15, 0.2) is 5.03 Å². The summed E-state index contributed by atoms with van der Waals surface area (Å²) in [5, 5.41) is 13.3. The van der Waals surface area contributed by atoms with E-state index in [2.05, 4.69) is 10.00 Å². The van der Waals surface area contributed by atoms with Crippen LogP contribution in [0.4, 0.5) is 0 Å². The van der Waals surface area contributed by atoms with Gasteiger partial charge in [0.1, 0.15) is 0 Å². The summed E-state index contributed by atoms with van der Waals surface area (Å²) < 4.78 is 29.1. The standard InChI is InChI=1S/C16H28N4O4S/c1-4-10-20-15(7-9-17-20)25(23,24)19-11-8-14(18(2)3)13(12-19)5-6-16(21)22/h7,9,13-14H,4-6,8,10-12H2,1-3H3,(H,21,22)/t13-,14+/m1/s1. The van der Waals surface area contributed by atoms with Crippen LogP contribution in [-0.4, -0.2) is 71.7 Å². The van der Waals surface area contributed by atoms with E-state index in [4.69, 9.17) is 5.11 Å². The van der Waals surface area contributed by atoms with Crippen LogP contribution >= 0.6 is 0 Å². The van der Waals surface area contributed by atoms with Crippen molar-refractivity contribution in [3.63, 3.8) is 0 Å². The Hall–Kier alpha value is -1.45. The van der Waals surface area contributed by atoms with Gasteiger partial charge in [-0.05, 0) is 45.3 Å². The summed E-state index contributed by atoms with van der Waals surface area (Å²) in [6.45, 7) is 3.31. The highest BCUT2D eigenvalue weighted by Crippen LogP contribution is 2.29. The van der Waals surface area contributed by atoms with Gasteiger partial charge < -0.3 is 10.0 Å². The molecule has 0 aromatic carbocycles. The largest absolute Gasteiger partial charge is 0.481 e. The highest BCUT2D eigenvalue weighted by atomic mass is 32.2. The monoisotopic (exact) mass is 372 g/mol. The van der Waals surface area contributed by atoms with Crippen LogP contribution in [0.5, 0.6) is 0 Å². The lowest BCUT2D eigenvalue weighted by Gasteiger charge is -2.40. The first-order chi connectivity index (χ1) is 11.8. The van der Waals surface area contributed by atoms with Crippen LogP contribution in [0.2, 0.25) is 0 Å². The SMILES string of the molecule is CCCn1nccc1S(=O)(=O)N1CC[C@H](N(C)C)[C@H](CCC(=O)O)C1. The lowest BCUT2D eigenvalue weighted by atomic mass is 9.88. The van der Waals surface area contributed by atoms with Crippen molar-refractivity contribution in [1.82, 2.24) is 19.0 Å². The summed E-state index contributed by atoms with van der Waals surface area (Å²) in [4.78, 5) is 13.0. The maximum absolute atomic E-state index is 13.0. The predicted molar refractivity (Wildman–Crippen MR) is 93.7 cm³/mol. The summed E-state index contributed by atoms with van der Waals surface area (Å²) in [5.74, 6) is -0.851. The van der Waals surface area contributed by atoms with E-state index in [1.165, 1.54) is 21.3 Å². The number of aromatic nitrogens is 2. The van der Waals surface area contributed by atoms with Crippen LogP contribution in [0, 0.1) is 5.92 Å². The van der Waals surface area contributed by atoms with Crippen molar-refractivity contribution in [3.05, 3.63) is 12.3 Å². The van der Waals surface area contributed by atoms with Crippen LogP contribution in [0.1, 0.15) is 32.6 Å². The second-order valence-corrected chi connectivity index (χ2v) is 8.65. The maximum atomic E-state index is 13.0. The average Bonchev–Trinajstić information content (AvgIpc) is 3.02. The molecule has 8 nitrogen and oxygen atoms in total. The maximum Gasteiger partial charge on any atom is 0.303 e. The molecule has 0 radical (unpaired) electrons. The van der Waals surface area contributed by atoms with Crippen molar-refractivity contribution in [2.45, 2.75) is 50.2 Å². The van der Waals surface area contributed by atoms with Gasteiger partial charge in [0.2, 0.25) is 0 Å². The molecule has 2 atom stereocenters. The molecule has 1 aliphatic rings. The third-order valence-corrected chi connectivity index (χ3v) is 6.65. The van der Waals surface area contributed by atoms with E-state index in [0.29, 0.717) is 32.5 Å². The van der Waals surface area contributed by atoms with Crippen LogP contribution in [0.3, 0.4) is 0 Å². The fourth-order valence-corrected chi connectivity index (χ4v) is 5.16. The molecule has 1 saturated heterocycles. The van der Waals surface area contributed by atoms with Crippen LogP contribution < -0.4 is 0 Å². The van der Waals surface area contributed by atoms with Crippen molar-refractivity contribution in [3.8, 4) is 0 Å². The van der Waals surface area contributed by atoms with Gasteiger partial charge in [0.25, 0.3) is 10.0 Å². The molecule has 1 aliphatic heterocycles. The van der Waals surface area contributed by atoms with E-state index in [0.717, 1.165) is 6.42 Å². The van der Waals surface area contributed by atoms with Crippen molar-refractivity contribution < 1.29 is 18.3 Å². The highest BCUT2D eigenvalue weighted by molar-refractivity contribution is 7.89. The van der Waals surface area contributed by atoms with Crippen LogP contribution in [-0.2, 0) is 21.4 Å². The smallest absolute Gasteiger partial charge is 0.303 e. The molecule has 1 aromatic heterocycles. The first-order valence-corrected chi connectivity index (χ1v) is 10.1. The lowest BCUT2D eigenvalue weighted by Crippen LogP contribution is -2.50. The van der Waals surface area contributed by atoms with Gasteiger partial charge in [0, 0.05) is 32.1 Å². The molecule has 2 rings (SSSR count). The van der Waals surface area contributed by atoms with E-state index >= 15 is 0 Å². The Morgan fingerprint density at radius 3 is 2.76 bits per heavy atom. The molecule has 0 bridgehead atoms. The van der Waals surface area contributed by atoms with Gasteiger partial charge >= 0.3 is 5.97 Å². The van der Waals surface area contributed by atoms with Gasteiger partial charge in [-0.2, -0.15) is 9.40 Å². The topological polar surface area (TPSA) is 95.7 Å². The van der Waals surface area contributed by atoms with Gasteiger partial charge in [-0.1, -0.05) is 6.92 Å². The third-order valence-electron chi connectivity index (χ3n) is 4.77. The molecule has 1 aromatic rings. The number of rotatable bonds is 8. The normalized spacial score (nSPS) is 22.4. The Kier molecular flexibility index (Phi) is 6.59. The minimum Gasteiger partial charge on any atom is -0.481 e. The van der Waals surface area contributed by atoms with E-state index in [1.807, 2.05) is 21.0 Å². The zero-order chi connectivity index (χ0) is 18.6. The molecule has 9 heteroatoms. The van der Waals surface area contributed by atoms with Gasteiger partial charge in [0.05, 0.1) is 6.20 Å². The quantitative estimate of drug-likeness (QED) is 0.734. The van der Waals surface area contributed by atoms with Crippen molar-refractivity contribution >= 4 is 16.0 Å². The van der Waals surface area contributed by atoms with Crippen molar-refractivity contribution in [2.75, 3.05) is 27.2 Å². The van der Waals surface area contributed by atoms with E-state index in [-0.39, 0.29) is 23.4 Å². The minimum atomic E-state index is -3.62. The van der Waals surface area contributed by atoms with E-state index in [9.17, 15) is 13.2 Å². The number of aryl methyl sites for hydroxylation is 1. The minimum absolute atomic E-state index is 0.00262. The molecule has 0 unspecified atom stereocenters. The summed E-state index contributed by atoms with van der Waals surface area (Å²) in [7, 11) is 0.290. The molecule has 0 aliphatic carbocycles. The molecule has 0 amide bonds. The van der Waals surface area contributed by atoms with E-state index in [1.54, 1.807) is 0 Å². The third kappa shape index (κ3) is 4.59. The predicted octanol–water partition coefficient (Wildman–Crippen LogP) is 1.10. The molecular weight excluding hydrogens is 344 g/mol. The highest BCUT2D eigenvalue weighted by Gasteiger charge is 2.37. The zero-order valence-electron chi connectivity index (χ0n) is 15.1. The number of sulfonamides is 1. The van der Waals surface area contributed by atoms with Gasteiger partial charge in [-0.25, -0.2) is 8.42 Å². The molecule has 0 saturated carbocycles. The summed E-state index contributed by atoms with van der Waals surface area (Å²) >= 11 is 0. The molecule has 25 heavy (non-hydrogen) atoms. The fourth-order valence-electron chi connectivity index (χ4n) is 3.53. The van der Waals surface area contributed by atoms with Gasteiger partial charge in [-0.3, -0.25) is 9.48 Å². The second kappa shape index (κ2) is 8.29. The summed E-state index contributed by atoms with van der Waals surface area (Å²) in [5.41, 5.74) is 0. The molecule has 0 spiro atoms. The Labute approximate surface area is 149 Å². The van der Waals surface area contributed by atoms with Crippen molar-refractivity contribution in [1.29, 1.82) is 0 Å². The summed E-state index contributed by atoms with van der Waals surface area (Å²) in [6.07, 6.45) is 3.53. The summed E-state index contributed by atoms with van der Waals surface area (Å²) in [6, 6.07) is 1.72.